The zero-order valence-electron chi connectivity index (χ0n) is 16.4. The average Bonchev–Trinajstić information content (AvgIpc) is 3.09. The monoisotopic (exact) mass is 372 g/mol. The zero-order valence-corrected chi connectivity index (χ0v) is 16.4. The fourth-order valence-electron chi connectivity index (χ4n) is 2.29. The number of carbonyl (C=O) groups is 1. The molecule has 0 aromatic carbocycles. The standard InChI is InChI=1S/C19H28N6O2/c1-5-20-19(22-12-15-11-16(13(2)3)25-27-15)21-10-9-18(26)24-17-8-6-7-14(4)23-17/h6-8,11,13H,5,9-10,12H2,1-4H3,(H2,20,21,22)(H,23,24,26). The first-order chi connectivity index (χ1) is 13.0. The number of hydrogen-bond donors (Lipinski definition) is 3. The molecule has 3 N–H and O–H groups in total. The lowest BCUT2D eigenvalue weighted by atomic mass is 10.1. The molecular weight excluding hydrogens is 344 g/mol. The molecule has 2 heterocycles. The predicted molar refractivity (Wildman–Crippen MR) is 106 cm³/mol. The zero-order chi connectivity index (χ0) is 19.6. The molecule has 1 amide bonds. The van der Waals surface area contributed by atoms with E-state index in [9.17, 15) is 4.79 Å². The Morgan fingerprint density at radius 3 is 2.78 bits per heavy atom. The maximum atomic E-state index is 12.0. The number of carbonyl (C=O) groups excluding carboxylic acids is 1. The highest BCUT2D eigenvalue weighted by Crippen LogP contribution is 2.14. The van der Waals surface area contributed by atoms with Crippen molar-refractivity contribution >= 4 is 17.7 Å². The summed E-state index contributed by atoms with van der Waals surface area (Å²) in [6.45, 7) is 9.56. The number of aliphatic imine (C=N–C) groups is 1. The second-order valence-corrected chi connectivity index (χ2v) is 6.46. The van der Waals surface area contributed by atoms with E-state index in [-0.39, 0.29) is 5.91 Å². The van der Waals surface area contributed by atoms with E-state index in [4.69, 9.17) is 4.52 Å². The molecule has 0 radical (unpaired) electrons. The van der Waals surface area contributed by atoms with Crippen molar-refractivity contribution < 1.29 is 9.32 Å². The van der Waals surface area contributed by atoms with Gasteiger partial charge in [-0.3, -0.25) is 4.79 Å². The minimum Gasteiger partial charge on any atom is -0.359 e. The largest absolute Gasteiger partial charge is 0.359 e. The molecule has 0 fully saturated rings. The summed E-state index contributed by atoms with van der Waals surface area (Å²) in [7, 11) is 0. The number of nitrogens with one attached hydrogen (secondary N) is 3. The molecule has 2 aromatic heterocycles. The van der Waals surface area contributed by atoms with E-state index >= 15 is 0 Å². The summed E-state index contributed by atoms with van der Waals surface area (Å²) >= 11 is 0. The van der Waals surface area contributed by atoms with Crippen molar-refractivity contribution in [3.8, 4) is 0 Å². The number of hydrogen-bond acceptors (Lipinski definition) is 5. The Morgan fingerprint density at radius 1 is 1.30 bits per heavy atom. The first kappa shape index (κ1) is 20.4. The topological polar surface area (TPSA) is 104 Å². The minimum atomic E-state index is -0.103. The molecule has 27 heavy (non-hydrogen) atoms. The van der Waals surface area contributed by atoms with E-state index in [0.29, 0.717) is 43.0 Å². The van der Waals surface area contributed by atoms with Crippen molar-refractivity contribution in [1.29, 1.82) is 0 Å². The van der Waals surface area contributed by atoms with Crippen LogP contribution in [0.4, 0.5) is 5.82 Å². The van der Waals surface area contributed by atoms with Gasteiger partial charge >= 0.3 is 0 Å². The van der Waals surface area contributed by atoms with E-state index in [1.807, 2.05) is 32.0 Å². The van der Waals surface area contributed by atoms with Crippen LogP contribution in [-0.2, 0) is 11.3 Å². The fraction of sp³-hybridized carbons (Fsp3) is 0.474. The third-order valence-electron chi connectivity index (χ3n) is 3.71. The van der Waals surface area contributed by atoms with Gasteiger partial charge < -0.3 is 20.5 Å². The molecular formula is C19H28N6O2. The molecule has 0 saturated carbocycles. The Bertz CT molecular complexity index is 769. The summed E-state index contributed by atoms with van der Waals surface area (Å²) in [6.07, 6.45) is 0.305. The Hall–Kier alpha value is -2.90. The van der Waals surface area contributed by atoms with E-state index in [2.05, 4.69) is 44.9 Å². The number of aromatic nitrogens is 2. The molecule has 0 bridgehead atoms. The molecule has 0 aliphatic carbocycles. The number of aryl methyl sites for hydroxylation is 1. The highest BCUT2D eigenvalue weighted by molar-refractivity contribution is 5.90. The SMILES string of the molecule is CCNC(=NCc1cc(C(C)C)no1)NCCC(=O)Nc1cccc(C)n1. The average molecular weight is 372 g/mol. The molecule has 8 nitrogen and oxygen atoms in total. The lowest BCUT2D eigenvalue weighted by molar-refractivity contribution is -0.116. The Kier molecular flexibility index (Phi) is 7.79. The van der Waals surface area contributed by atoms with Crippen LogP contribution in [0.3, 0.4) is 0 Å². The normalized spacial score (nSPS) is 11.5. The number of nitrogens with zero attached hydrogens (tertiary/aromatic N) is 3. The maximum Gasteiger partial charge on any atom is 0.227 e. The van der Waals surface area contributed by atoms with Gasteiger partial charge in [-0.15, -0.1) is 0 Å². The number of pyridine rings is 1. The molecule has 146 valence electrons. The van der Waals surface area contributed by atoms with Crippen molar-refractivity contribution in [2.75, 3.05) is 18.4 Å². The summed E-state index contributed by atoms with van der Waals surface area (Å²) in [6, 6.07) is 7.43. The smallest absolute Gasteiger partial charge is 0.227 e. The van der Waals surface area contributed by atoms with Crippen LogP contribution in [0.15, 0.2) is 33.8 Å². The second-order valence-electron chi connectivity index (χ2n) is 6.46. The molecule has 0 atom stereocenters. The van der Waals surface area contributed by atoms with E-state index in [1.165, 1.54) is 0 Å². The lowest BCUT2D eigenvalue weighted by Crippen LogP contribution is -2.38. The van der Waals surface area contributed by atoms with Crippen LogP contribution in [0.5, 0.6) is 0 Å². The predicted octanol–water partition coefficient (Wildman–Crippen LogP) is 2.59. The fourth-order valence-corrected chi connectivity index (χ4v) is 2.29. The molecule has 0 saturated heterocycles. The van der Waals surface area contributed by atoms with Crippen molar-refractivity contribution in [2.45, 2.75) is 46.6 Å². The van der Waals surface area contributed by atoms with Gasteiger partial charge in [-0.1, -0.05) is 25.1 Å². The Morgan fingerprint density at radius 2 is 2.11 bits per heavy atom. The third kappa shape index (κ3) is 7.08. The van der Waals surface area contributed by atoms with Crippen LogP contribution in [0.2, 0.25) is 0 Å². The van der Waals surface area contributed by atoms with Crippen LogP contribution >= 0.6 is 0 Å². The minimum absolute atomic E-state index is 0.103. The van der Waals surface area contributed by atoms with Crippen molar-refractivity contribution in [2.24, 2.45) is 4.99 Å². The van der Waals surface area contributed by atoms with Gasteiger partial charge in [-0.2, -0.15) is 0 Å². The van der Waals surface area contributed by atoms with Crippen molar-refractivity contribution in [3.05, 3.63) is 41.4 Å². The molecule has 0 aliphatic heterocycles. The van der Waals surface area contributed by atoms with E-state index in [0.717, 1.165) is 17.9 Å². The van der Waals surface area contributed by atoms with Gasteiger partial charge in [0.2, 0.25) is 5.91 Å². The van der Waals surface area contributed by atoms with Gasteiger partial charge in [0.25, 0.3) is 0 Å². The number of guanidine groups is 1. The first-order valence-corrected chi connectivity index (χ1v) is 9.19. The van der Waals surface area contributed by atoms with Crippen LogP contribution in [0.1, 0.15) is 50.3 Å². The first-order valence-electron chi connectivity index (χ1n) is 9.19. The van der Waals surface area contributed by atoms with Gasteiger partial charge in [0.1, 0.15) is 12.4 Å². The number of anilines is 1. The number of rotatable bonds is 8. The maximum absolute atomic E-state index is 12.0. The van der Waals surface area contributed by atoms with Crippen LogP contribution in [-0.4, -0.2) is 35.1 Å². The summed E-state index contributed by atoms with van der Waals surface area (Å²) in [4.78, 5) is 20.8. The third-order valence-corrected chi connectivity index (χ3v) is 3.71. The lowest BCUT2D eigenvalue weighted by Gasteiger charge is -2.11. The van der Waals surface area contributed by atoms with Gasteiger partial charge in [-0.25, -0.2) is 9.98 Å². The number of amides is 1. The summed E-state index contributed by atoms with van der Waals surface area (Å²) in [5.41, 5.74) is 1.78. The Balaban J connectivity index is 1.81. The molecule has 0 unspecified atom stereocenters. The van der Waals surface area contributed by atoms with E-state index < -0.39 is 0 Å². The van der Waals surface area contributed by atoms with Crippen LogP contribution < -0.4 is 16.0 Å². The molecule has 0 aliphatic rings. The highest BCUT2D eigenvalue weighted by Gasteiger charge is 2.08. The van der Waals surface area contributed by atoms with Crippen LogP contribution in [0, 0.1) is 6.92 Å². The highest BCUT2D eigenvalue weighted by atomic mass is 16.5. The molecule has 8 heteroatoms. The molecule has 2 rings (SSSR count). The van der Waals surface area contributed by atoms with Crippen molar-refractivity contribution in [1.82, 2.24) is 20.8 Å². The molecule has 2 aromatic rings. The van der Waals surface area contributed by atoms with Crippen molar-refractivity contribution in [3.63, 3.8) is 0 Å². The summed E-state index contributed by atoms with van der Waals surface area (Å²) in [5, 5.41) is 13.1. The van der Waals surface area contributed by atoms with Gasteiger partial charge in [-0.05, 0) is 31.9 Å². The Labute approximate surface area is 159 Å². The summed E-state index contributed by atoms with van der Waals surface area (Å²) < 4.78 is 5.29. The second kappa shape index (κ2) is 10.3. The van der Waals surface area contributed by atoms with Gasteiger partial charge in [0, 0.05) is 31.3 Å². The van der Waals surface area contributed by atoms with Gasteiger partial charge in [0.05, 0.1) is 5.69 Å². The summed E-state index contributed by atoms with van der Waals surface area (Å²) in [5.74, 6) is 2.11. The quantitative estimate of drug-likeness (QED) is 0.486. The van der Waals surface area contributed by atoms with E-state index in [1.54, 1.807) is 6.07 Å². The van der Waals surface area contributed by atoms with Gasteiger partial charge in [0.15, 0.2) is 11.7 Å². The molecule has 0 spiro atoms. The van der Waals surface area contributed by atoms with Crippen LogP contribution in [0.25, 0.3) is 0 Å².